The maximum atomic E-state index is 11.6. The highest BCUT2D eigenvalue weighted by Gasteiger charge is 2.24. The van der Waals surface area contributed by atoms with Crippen molar-refractivity contribution in [3.8, 4) is 0 Å². The molecule has 0 aliphatic rings. The summed E-state index contributed by atoms with van der Waals surface area (Å²) in [6.07, 6.45) is 2.03. The van der Waals surface area contributed by atoms with Crippen LogP contribution in [-0.4, -0.2) is 33.0 Å². The number of hydrogen-bond acceptors (Lipinski definition) is 3. The fourth-order valence-electron chi connectivity index (χ4n) is 1.88. The summed E-state index contributed by atoms with van der Waals surface area (Å²) in [7, 11) is -1.20. The molecule has 0 saturated heterocycles. The smallest absolute Gasteiger partial charge is 0.151 e. The third-order valence-corrected chi connectivity index (χ3v) is 4.99. The third kappa shape index (κ3) is 3.82. The summed E-state index contributed by atoms with van der Waals surface area (Å²) in [5.41, 5.74) is 2.40. The van der Waals surface area contributed by atoms with Gasteiger partial charge in [0.25, 0.3) is 0 Å². The lowest BCUT2D eigenvalue weighted by Gasteiger charge is -2.23. The lowest BCUT2D eigenvalue weighted by Crippen LogP contribution is -2.42. The predicted octanol–water partition coefficient (Wildman–Crippen LogP) is 1.56. The number of sulfone groups is 1. The van der Waals surface area contributed by atoms with Crippen LogP contribution >= 0.6 is 0 Å². The van der Waals surface area contributed by atoms with Crippen molar-refractivity contribution in [3.63, 3.8) is 0 Å². The zero-order valence-electron chi connectivity index (χ0n) is 10.9. The molecule has 1 rings (SSSR count). The standard InChI is InChI=1S/C13H21NO2S/c1-10-7-5-6-8-12(10)9-13(14-3)11(2)17(4,15)16/h5-8,11,13-14H,9H2,1-4H3. The van der Waals surface area contributed by atoms with E-state index in [-0.39, 0.29) is 11.3 Å². The van der Waals surface area contributed by atoms with Gasteiger partial charge in [-0.05, 0) is 38.4 Å². The van der Waals surface area contributed by atoms with Gasteiger partial charge in [-0.3, -0.25) is 0 Å². The predicted molar refractivity (Wildman–Crippen MR) is 72.0 cm³/mol. The Balaban J connectivity index is 2.88. The van der Waals surface area contributed by atoms with Gasteiger partial charge >= 0.3 is 0 Å². The highest BCUT2D eigenvalue weighted by atomic mass is 32.2. The first-order chi connectivity index (χ1) is 7.86. The van der Waals surface area contributed by atoms with Crippen LogP contribution in [0.25, 0.3) is 0 Å². The van der Waals surface area contributed by atoms with Crippen LogP contribution in [0.5, 0.6) is 0 Å². The molecular weight excluding hydrogens is 234 g/mol. The van der Waals surface area contributed by atoms with Crippen LogP contribution in [-0.2, 0) is 16.3 Å². The molecule has 96 valence electrons. The molecule has 17 heavy (non-hydrogen) atoms. The van der Waals surface area contributed by atoms with Crippen LogP contribution in [0.3, 0.4) is 0 Å². The fraction of sp³-hybridized carbons (Fsp3) is 0.538. The third-order valence-electron chi connectivity index (χ3n) is 3.31. The number of benzene rings is 1. The highest BCUT2D eigenvalue weighted by Crippen LogP contribution is 2.14. The Bertz CT molecular complexity index is 468. The van der Waals surface area contributed by atoms with E-state index in [0.29, 0.717) is 0 Å². The van der Waals surface area contributed by atoms with E-state index >= 15 is 0 Å². The highest BCUT2D eigenvalue weighted by molar-refractivity contribution is 7.91. The summed E-state index contributed by atoms with van der Waals surface area (Å²) in [6.45, 7) is 3.81. The number of aryl methyl sites for hydroxylation is 1. The Morgan fingerprint density at radius 1 is 1.29 bits per heavy atom. The van der Waals surface area contributed by atoms with Gasteiger partial charge in [-0.2, -0.15) is 0 Å². The molecule has 0 aliphatic carbocycles. The SMILES string of the molecule is CNC(Cc1ccccc1C)C(C)S(C)(=O)=O. The molecule has 3 nitrogen and oxygen atoms in total. The largest absolute Gasteiger partial charge is 0.315 e. The Kier molecular flexibility index (Phi) is 4.71. The summed E-state index contributed by atoms with van der Waals surface area (Å²) in [6, 6.07) is 8.03. The van der Waals surface area contributed by atoms with Gasteiger partial charge in [-0.1, -0.05) is 24.3 Å². The molecule has 4 heteroatoms. The van der Waals surface area contributed by atoms with E-state index in [0.717, 1.165) is 6.42 Å². The van der Waals surface area contributed by atoms with E-state index in [4.69, 9.17) is 0 Å². The lowest BCUT2D eigenvalue weighted by molar-refractivity contribution is 0.516. The number of likely N-dealkylation sites (N-methyl/N-ethyl adjacent to an activating group) is 1. The number of nitrogens with one attached hydrogen (secondary N) is 1. The normalized spacial score (nSPS) is 15.5. The second-order valence-electron chi connectivity index (χ2n) is 4.56. The van der Waals surface area contributed by atoms with E-state index in [1.807, 2.05) is 32.2 Å². The summed E-state index contributed by atoms with van der Waals surface area (Å²) in [5.74, 6) is 0. The van der Waals surface area contributed by atoms with Crippen LogP contribution in [0.4, 0.5) is 0 Å². The zero-order chi connectivity index (χ0) is 13.1. The van der Waals surface area contributed by atoms with Crippen molar-refractivity contribution in [2.45, 2.75) is 31.6 Å². The molecule has 2 unspecified atom stereocenters. The molecule has 0 aromatic heterocycles. The van der Waals surface area contributed by atoms with Gasteiger partial charge in [-0.15, -0.1) is 0 Å². The Hall–Kier alpha value is -0.870. The first-order valence-corrected chi connectivity index (χ1v) is 7.72. The number of hydrogen-bond donors (Lipinski definition) is 1. The van der Waals surface area contributed by atoms with Crippen molar-refractivity contribution >= 4 is 9.84 Å². The van der Waals surface area contributed by atoms with Crippen LogP contribution in [0.2, 0.25) is 0 Å². The molecular formula is C13H21NO2S. The molecule has 0 fully saturated rings. The average Bonchev–Trinajstić information content (AvgIpc) is 2.26. The van der Waals surface area contributed by atoms with Crippen LogP contribution < -0.4 is 5.32 Å². The maximum Gasteiger partial charge on any atom is 0.151 e. The second kappa shape index (κ2) is 5.65. The monoisotopic (exact) mass is 255 g/mol. The summed E-state index contributed by atoms with van der Waals surface area (Å²) in [5, 5.41) is 2.72. The van der Waals surface area contributed by atoms with E-state index < -0.39 is 9.84 Å². The van der Waals surface area contributed by atoms with Gasteiger partial charge in [-0.25, -0.2) is 8.42 Å². The summed E-state index contributed by atoms with van der Waals surface area (Å²) >= 11 is 0. The van der Waals surface area contributed by atoms with Crippen molar-refractivity contribution in [1.82, 2.24) is 5.32 Å². The Morgan fingerprint density at radius 2 is 1.88 bits per heavy atom. The second-order valence-corrected chi connectivity index (χ2v) is 6.96. The van der Waals surface area contributed by atoms with E-state index in [1.165, 1.54) is 17.4 Å². The van der Waals surface area contributed by atoms with Gasteiger partial charge in [0.05, 0.1) is 5.25 Å². The molecule has 0 amide bonds. The molecule has 0 radical (unpaired) electrons. The van der Waals surface area contributed by atoms with Crippen molar-refractivity contribution in [2.75, 3.05) is 13.3 Å². The topological polar surface area (TPSA) is 46.2 Å². The quantitative estimate of drug-likeness (QED) is 0.868. The fourth-order valence-corrected chi connectivity index (χ4v) is 2.71. The lowest BCUT2D eigenvalue weighted by atomic mass is 10.00. The minimum Gasteiger partial charge on any atom is -0.315 e. The van der Waals surface area contributed by atoms with E-state index in [1.54, 1.807) is 6.92 Å². The number of rotatable bonds is 5. The van der Waals surface area contributed by atoms with Crippen molar-refractivity contribution in [3.05, 3.63) is 35.4 Å². The minimum atomic E-state index is -3.01. The first-order valence-electron chi connectivity index (χ1n) is 5.77. The van der Waals surface area contributed by atoms with Crippen molar-refractivity contribution < 1.29 is 8.42 Å². The molecule has 2 atom stereocenters. The van der Waals surface area contributed by atoms with E-state index in [2.05, 4.69) is 11.4 Å². The summed E-state index contributed by atoms with van der Waals surface area (Å²) in [4.78, 5) is 0. The van der Waals surface area contributed by atoms with Crippen molar-refractivity contribution in [1.29, 1.82) is 0 Å². The molecule has 1 N–H and O–H groups in total. The maximum absolute atomic E-state index is 11.6. The van der Waals surface area contributed by atoms with Gasteiger partial charge in [0.2, 0.25) is 0 Å². The Morgan fingerprint density at radius 3 is 2.35 bits per heavy atom. The average molecular weight is 255 g/mol. The van der Waals surface area contributed by atoms with Gasteiger partial charge in [0.15, 0.2) is 9.84 Å². The van der Waals surface area contributed by atoms with Crippen LogP contribution in [0.1, 0.15) is 18.1 Å². The Labute approximate surface area is 104 Å². The van der Waals surface area contributed by atoms with Gasteiger partial charge < -0.3 is 5.32 Å². The minimum absolute atomic E-state index is 0.0499. The van der Waals surface area contributed by atoms with E-state index in [9.17, 15) is 8.42 Å². The summed E-state index contributed by atoms with van der Waals surface area (Å²) < 4.78 is 23.1. The van der Waals surface area contributed by atoms with Crippen LogP contribution in [0.15, 0.2) is 24.3 Å². The molecule has 0 spiro atoms. The molecule has 0 saturated carbocycles. The first kappa shape index (κ1) is 14.2. The molecule has 0 bridgehead atoms. The molecule has 1 aromatic rings. The van der Waals surface area contributed by atoms with Crippen molar-refractivity contribution in [2.24, 2.45) is 0 Å². The molecule has 0 heterocycles. The van der Waals surface area contributed by atoms with Crippen LogP contribution in [0, 0.1) is 6.92 Å². The van der Waals surface area contributed by atoms with Gasteiger partial charge in [0, 0.05) is 12.3 Å². The van der Waals surface area contributed by atoms with Gasteiger partial charge in [0.1, 0.15) is 0 Å². The molecule has 1 aromatic carbocycles. The molecule has 0 aliphatic heterocycles. The zero-order valence-corrected chi connectivity index (χ0v) is 11.7.